The second kappa shape index (κ2) is 4.88. The van der Waals surface area contributed by atoms with Gasteiger partial charge in [0.15, 0.2) is 5.82 Å². The van der Waals surface area contributed by atoms with Crippen LogP contribution >= 0.6 is 0 Å². The quantitative estimate of drug-likeness (QED) is 0.770. The zero-order valence-corrected chi connectivity index (χ0v) is 12.5. The molecule has 8 heteroatoms. The number of hydrogen-bond donors (Lipinski definition) is 2. The van der Waals surface area contributed by atoms with Crippen LogP contribution in [-0.4, -0.2) is 28.4 Å². The summed E-state index contributed by atoms with van der Waals surface area (Å²) in [7, 11) is -3.70. The molecule has 0 bridgehead atoms. The number of aromatic nitrogens is 4. The fourth-order valence-corrected chi connectivity index (χ4v) is 3.29. The number of sulfonamides is 1. The third-order valence-corrected chi connectivity index (χ3v) is 4.54. The molecule has 2 N–H and O–H groups in total. The Labute approximate surface area is 122 Å². The maximum Gasteiger partial charge on any atom is 0.265 e. The van der Waals surface area contributed by atoms with Gasteiger partial charge in [0.05, 0.1) is 12.7 Å². The first kappa shape index (κ1) is 13.6. The standard InChI is InChI=1S/C13H15N5O2S/c1-3-18-15-8-13(16-18)17-21(19,20)12-7-14-11-6-9(2)4-5-10(11)12/h4-8,14H,3H2,1-2H3,(H,16,17). The highest BCUT2D eigenvalue weighted by Crippen LogP contribution is 2.24. The topological polar surface area (TPSA) is 92.7 Å². The molecule has 0 aliphatic carbocycles. The second-order valence-electron chi connectivity index (χ2n) is 4.73. The lowest BCUT2D eigenvalue weighted by atomic mass is 10.2. The van der Waals surface area contributed by atoms with Crippen LogP contribution in [0.25, 0.3) is 10.9 Å². The number of aromatic amines is 1. The van der Waals surface area contributed by atoms with Crippen LogP contribution in [0.4, 0.5) is 5.82 Å². The summed E-state index contributed by atoms with van der Waals surface area (Å²) in [6.45, 7) is 4.41. The molecule has 2 aromatic heterocycles. The molecule has 0 spiro atoms. The van der Waals surface area contributed by atoms with Gasteiger partial charge in [0.2, 0.25) is 0 Å². The number of anilines is 1. The smallest absolute Gasteiger partial charge is 0.265 e. The number of H-pyrrole nitrogens is 1. The average Bonchev–Trinajstić information content (AvgIpc) is 3.04. The van der Waals surface area contributed by atoms with E-state index < -0.39 is 10.0 Å². The number of benzene rings is 1. The van der Waals surface area contributed by atoms with Gasteiger partial charge in [-0.3, -0.25) is 4.72 Å². The van der Waals surface area contributed by atoms with E-state index in [2.05, 4.69) is 19.9 Å². The van der Waals surface area contributed by atoms with Crippen molar-refractivity contribution < 1.29 is 8.42 Å². The summed E-state index contributed by atoms with van der Waals surface area (Å²) in [6.07, 6.45) is 2.87. The van der Waals surface area contributed by atoms with E-state index in [1.165, 1.54) is 17.2 Å². The zero-order valence-electron chi connectivity index (χ0n) is 11.7. The first-order valence-electron chi connectivity index (χ1n) is 6.50. The summed E-state index contributed by atoms with van der Waals surface area (Å²) in [4.78, 5) is 4.59. The van der Waals surface area contributed by atoms with Crippen LogP contribution in [0.3, 0.4) is 0 Å². The average molecular weight is 305 g/mol. The molecule has 2 heterocycles. The Kier molecular flexibility index (Phi) is 3.17. The van der Waals surface area contributed by atoms with E-state index in [1.54, 1.807) is 6.07 Å². The highest BCUT2D eigenvalue weighted by Gasteiger charge is 2.20. The Bertz CT molecular complexity index is 894. The lowest BCUT2D eigenvalue weighted by Gasteiger charge is -2.03. The van der Waals surface area contributed by atoms with Crippen molar-refractivity contribution in [1.29, 1.82) is 0 Å². The lowest BCUT2D eigenvalue weighted by Crippen LogP contribution is -2.13. The molecule has 0 fully saturated rings. The maximum atomic E-state index is 12.5. The monoisotopic (exact) mass is 305 g/mol. The van der Waals surface area contributed by atoms with Gasteiger partial charge in [0.1, 0.15) is 4.90 Å². The molecule has 7 nitrogen and oxygen atoms in total. The molecule has 3 rings (SSSR count). The SMILES string of the molecule is CCn1ncc(NS(=O)(=O)c2c[nH]c3cc(C)ccc23)n1. The summed E-state index contributed by atoms with van der Waals surface area (Å²) >= 11 is 0. The van der Waals surface area contributed by atoms with E-state index in [-0.39, 0.29) is 10.7 Å². The van der Waals surface area contributed by atoms with Crippen LogP contribution < -0.4 is 4.72 Å². The molecule has 0 aliphatic heterocycles. The largest absolute Gasteiger partial charge is 0.360 e. The molecule has 21 heavy (non-hydrogen) atoms. The fourth-order valence-electron chi connectivity index (χ4n) is 2.12. The molecular formula is C13H15N5O2S. The van der Waals surface area contributed by atoms with E-state index in [1.807, 2.05) is 26.0 Å². The van der Waals surface area contributed by atoms with E-state index in [9.17, 15) is 8.42 Å². The predicted octanol–water partition coefficient (Wildman–Crippen LogP) is 1.89. The third-order valence-electron chi connectivity index (χ3n) is 3.15. The van der Waals surface area contributed by atoms with Crippen molar-refractivity contribution in [2.24, 2.45) is 0 Å². The first-order valence-corrected chi connectivity index (χ1v) is 7.98. The number of nitrogens with zero attached hydrogens (tertiary/aromatic N) is 3. The number of hydrogen-bond acceptors (Lipinski definition) is 4. The van der Waals surface area contributed by atoms with Crippen molar-refractivity contribution in [2.75, 3.05) is 4.72 Å². The van der Waals surface area contributed by atoms with E-state index in [0.29, 0.717) is 11.9 Å². The Hall–Kier alpha value is -2.35. The van der Waals surface area contributed by atoms with Crippen LogP contribution in [-0.2, 0) is 16.6 Å². The van der Waals surface area contributed by atoms with Crippen molar-refractivity contribution in [3.8, 4) is 0 Å². The van der Waals surface area contributed by atoms with E-state index in [0.717, 1.165) is 11.1 Å². The maximum absolute atomic E-state index is 12.5. The minimum absolute atomic E-state index is 0.198. The van der Waals surface area contributed by atoms with Gasteiger partial charge in [-0.1, -0.05) is 12.1 Å². The van der Waals surface area contributed by atoms with Crippen molar-refractivity contribution in [3.63, 3.8) is 0 Å². The van der Waals surface area contributed by atoms with Gasteiger partial charge < -0.3 is 4.98 Å². The lowest BCUT2D eigenvalue weighted by molar-refractivity contribution is 0.570. The molecule has 0 unspecified atom stereocenters. The molecule has 0 saturated carbocycles. The van der Waals surface area contributed by atoms with Gasteiger partial charge in [0, 0.05) is 17.1 Å². The number of rotatable bonds is 4. The molecule has 0 aliphatic rings. The van der Waals surface area contributed by atoms with Crippen LogP contribution in [0.5, 0.6) is 0 Å². The number of nitrogens with one attached hydrogen (secondary N) is 2. The second-order valence-corrected chi connectivity index (χ2v) is 6.38. The van der Waals surface area contributed by atoms with Crippen LogP contribution in [0.2, 0.25) is 0 Å². The van der Waals surface area contributed by atoms with Gasteiger partial charge in [0.25, 0.3) is 10.0 Å². The third kappa shape index (κ3) is 2.49. The zero-order chi connectivity index (χ0) is 15.0. The Balaban J connectivity index is 2.00. The Morgan fingerprint density at radius 2 is 2.19 bits per heavy atom. The van der Waals surface area contributed by atoms with Crippen molar-refractivity contribution >= 4 is 26.7 Å². The van der Waals surface area contributed by atoms with Gasteiger partial charge >= 0.3 is 0 Å². The molecule has 0 atom stereocenters. The minimum atomic E-state index is -3.70. The molecule has 0 amide bonds. The summed E-state index contributed by atoms with van der Waals surface area (Å²) in [6, 6.07) is 5.57. The highest BCUT2D eigenvalue weighted by atomic mass is 32.2. The molecule has 3 aromatic rings. The van der Waals surface area contributed by atoms with Crippen LogP contribution in [0, 0.1) is 6.92 Å². The fraction of sp³-hybridized carbons (Fsp3) is 0.231. The summed E-state index contributed by atoms with van der Waals surface area (Å²) < 4.78 is 27.3. The highest BCUT2D eigenvalue weighted by molar-refractivity contribution is 7.93. The molecule has 0 saturated heterocycles. The molecular weight excluding hydrogens is 290 g/mol. The molecule has 1 aromatic carbocycles. The van der Waals surface area contributed by atoms with Crippen LogP contribution in [0.1, 0.15) is 12.5 Å². The van der Waals surface area contributed by atoms with Crippen molar-refractivity contribution in [1.82, 2.24) is 20.0 Å². The normalized spacial score (nSPS) is 11.9. The first-order chi connectivity index (χ1) is 9.99. The van der Waals surface area contributed by atoms with E-state index in [4.69, 9.17) is 0 Å². The van der Waals surface area contributed by atoms with Gasteiger partial charge in [-0.15, -0.1) is 5.10 Å². The summed E-state index contributed by atoms with van der Waals surface area (Å²) in [5.41, 5.74) is 1.85. The van der Waals surface area contributed by atoms with Crippen molar-refractivity contribution in [2.45, 2.75) is 25.3 Å². The van der Waals surface area contributed by atoms with Gasteiger partial charge in [-0.2, -0.15) is 9.90 Å². The Morgan fingerprint density at radius 3 is 2.90 bits per heavy atom. The molecule has 110 valence electrons. The predicted molar refractivity (Wildman–Crippen MR) is 79.5 cm³/mol. The van der Waals surface area contributed by atoms with Gasteiger partial charge in [-0.05, 0) is 25.5 Å². The van der Waals surface area contributed by atoms with Crippen molar-refractivity contribution in [3.05, 3.63) is 36.2 Å². The summed E-state index contributed by atoms with van der Waals surface area (Å²) in [5, 5.41) is 8.62. The molecule has 0 radical (unpaired) electrons. The minimum Gasteiger partial charge on any atom is -0.360 e. The van der Waals surface area contributed by atoms with Crippen LogP contribution in [0.15, 0.2) is 35.5 Å². The Morgan fingerprint density at radius 1 is 1.38 bits per heavy atom. The summed E-state index contributed by atoms with van der Waals surface area (Å²) in [5.74, 6) is 0.207. The number of aryl methyl sites for hydroxylation is 2. The number of fused-ring (bicyclic) bond motifs is 1. The van der Waals surface area contributed by atoms with E-state index >= 15 is 0 Å². The van der Waals surface area contributed by atoms with Gasteiger partial charge in [-0.25, -0.2) is 8.42 Å².